The van der Waals surface area contributed by atoms with Gasteiger partial charge >= 0.3 is 0 Å². The van der Waals surface area contributed by atoms with E-state index in [2.05, 4.69) is 70.5 Å². The average molecular weight is 470 g/mol. The van der Waals surface area contributed by atoms with E-state index in [0.717, 1.165) is 40.3 Å². The summed E-state index contributed by atoms with van der Waals surface area (Å²) in [6, 6.07) is 23.0. The molecule has 1 aliphatic heterocycles. The molecule has 170 valence electrons. The Bertz CT molecular complexity index is 1420. The number of benzene rings is 3. The van der Waals surface area contributed by atoms with Crippen molar-refractivity contribution in [2.45, 2.75) is 20.0 Å². The third kappa shape index (κ3) is 4.13. The van der Waals surface area contributed by atoms with Gasteiger partial charge in [-0.25, -0.2) is 4.39 Å². The molecule has 1 N–H and O–H groups in total. The van der Waals surface area contributed by atoms with E-state index in [4.69, 9.17) is 11.6 Å². The van der Waals surface area contributed by atoms with Gasteiger partial charge in [-0.3, -0.25) is 0 Å². The van der Waals surface area contributed by atoms with E-state index in [9.17, 15) is 4.39 Å². The highest BCUT2D eigenvalue weighted by molar-refractivity contribution is 6.32. The van der Waals surface area contributed by atoms with Gasteiger partial charge in [0.25, 0.3) is 0 Å². The number of nitrogens with one attached hydrogen (secondary N) is 1. The Morgan fingerprint density at radius 1 is 0.941 bits per heavy atom. The van der Waals surface area contributed by atoms with Crippen LogP contribution >= 0.6 is 11.6 Å². The minimum Gasteiger partial charge on any atom is -0.355 e. The average Bonchev–Trinajstić information content (AvgIpc) is 3.19. The molecular weight excluding hydrogens is 445 g/mol. The molecule has 1 aromatic heterocycles. The molecule has 0 amide bonds. The highest BCUT2D eigenvalue weighted by Crippen LogP contribution is 2.36. The Hall–Kier alpha value is -3.76. The van der Waals surface area contributed by atoms with Crippen molar-refractivity contribution in [3.63, 3.8) is 0 Å². The number of rotatable bonds is 5. The summed E-state index contributed by atoms with van der Waals surface area (Å²) in [6.07, 6.45) is 2.11. The van der Waals surface area contributed by atoms with Crippen LogP contribution in [0.15, 0.2) is 92.2 Å². The van der Waals surface area contributed by atoms with Crippen LogP contribution in [0.2, 0.25) is 5.02 Å². The van der Waals surface area contributed by atoms with Gasteiger partial charge in [-0.05, 0) is 66.6 Å². The Morgan fingerprint density at radius 2 is 1.76 bits per heavy atom. The summed E-state index contributed by atoms with van der Waals surface area (Å²) in [4.78, 5) is 2.22. The van der Waals surface area contributed by atoms with Crippen molar-refractivity contribution in [1.82, 2.24) is 4.57 Å². The molecule has 0 aliphatic carbocycles. The largest absolute Gasteiger partial charge is 0.355 e. The number of halogens is 2. The molecule has 4 aromatic rings. The number of nitrogens with zero attached hydrogens (tertiary/aromatic N) is 2. The zero-order valence-corrected chi connectivity index (χ0v) is 19.7. The molecule has 0 saturated heterocycles. The summed E-state index contributed by atoms with van der Waals surface area (Å²) in [6.45, 7) is 12.0. The van der Waals surface area contributed by atoms with Crippen LogP contribution in [0.3, 0.4) is 0 Å². The number of para-hydroxylation sites is 1. The lowest BCUT2D eigenvalue weighted by Crippen LogP contribution is -2.21. The van der Waals surface area contributed by atoms with Crippen molar-refractivity contribution in [2.75, 3.05) is 10.2 Å². The number of anilines is 2. The molecule has 0 fully saturated rings. The molecule has 0 spiro atoms. The van der Waals surface area contributed by atoms with E-state index in [1.54, 1.807) is 6.07 Å². The fourth-order valence-electron chi connectivity index (χ4n) is 4.46. The predicted octanol–water partition coefficient (Wildman–Crippen LogP) is 7.71. The van der Waals surface area contributed by atoms with Gasteiger partial charge in [0, 0.05) is 52.3 Å². The van der Waals surface area contributed by atoms with E-state index < -0.39 is 0 Å². The maximum atomic E-state index is 13.7. The van der Waals surface area contributed by atoms with Crippen LogP contribution in [-0.4, -0.2) is 4.57 Å². The maximum absolute atomic E-state index is 13.7. The van der Waals surface area contributed by atoms with Crippen LogP contribution < -0.4 is 10.2 Å². The lowest BCUT2D eigenvalue weighted by molar-refractivity contribution is 0.627. The molecule has 3 aromatic carbocycles. The molecule has 2 heterocycles. The molecule has 5 heteroatoms. The van der Waals surface area contributed by atoms with Gasteiger partial charge in [0.05, 0.1) is 11.6 Å². The van der Waals surface area contributed by atoms with Crippen molar-refractivity contribution in [3.8, 4) is 0 Å². The van der Waals surface area contributed by atoms with Crippen LogP contribution in [0, 0.1) is 12.7 Å². The van der Waals surface area contributed by atoms with Crippen molar-refractivity contribution in [2.24, 2.45) is 0 Å². The molecule has 34 heavy (non-hydrogen) atoms. The van der Waals surface area contributed by atoms with Gasteiger partial charge in [-0.2, -0.15) is 0 Å². The van der Waals surface area contributed by atoms with Gasteiger partial charge in [-0.1, -0.05) is 49.0 Å². The second-order valence-electron chi connectivity index (χ2n) is 8.55. The number of aromatic nitrogens is 1. The molecule has 3 nitrogen and oxygen atoms in total. The summed E-state index contributed by atoms with van der Waals surface area (Å²) in [5.74, 6) is -0.294. The first-order valence-corrected chi connectivity index (χ1v) is 11.5. The summed E-state index contributed by atoms with van der Waals surface area (Å²) in [7, 11) is 0. The molecule has 5 rings (SSSR count). The predicted molar refractivity (Wildman–Crippen MR) is 140 cm³/mol. The van der Waals surface area contributed by atoms with Crippen molar-refractivity contribution in [3.05, 3.63) is 131 Å². The lowest BCUT2D eigenvalue weighted by atomic mass is 10.1. The first-order valence-electron chi connectivity index (χ1n) is 11.1. The first kappa shape index (κ1) is 22.1. The number of hydrogen-bond acceptors (Lipinski definition) is 2. The molecule has 0 unspecified atom stereocenters. The summed E-state index contributed by atoms with van der Waals surface area (Å²) in [5, 5.41) is 3.84. The zero-order valence-electron chi connectivity index (χ0n) is 19.0. The smallest absolute Gasteiger partial charge is 0.123 e. The van der Waals surface area contributed by atoms with Gasteiger partial charge < -0.3 is 14.8 Å². The number of hydrogen-bond donors (Lipinski definition) is 1. The SMILES string of the molecule is C=C(Nc1ccc(C(=C)N2Cc3cccn3Cc3ccccc32)c(Cl)c1)c1cc(F)ccc1C. The van der Waals surface area contributed by atoms with E-state index >= 15 is 0 Å². The van der Waals surface area contributed by atoms with E-state index in [1.807, 2.05) is 25.1 Å². The quantitative estimate of drug-likeness (QED) is 0.323. The lowest BCUT2D eigenvalue weighted by Gasteiger charge is -2.27. The van der Waals surface area contributed by atoms with E-state index in [0.29, 0.717) is 17.3 Å². The van der Waals surface area contributed by atoms with Crippen LogP contribution in [0.5, 0.6) is 0 Å². The van der Waals surface area contributed by atoms with Gasteiger partial charge in [-0.15, -0.1) is 0 Å². The minimum atomic E-state index is -0.294. The standard InChI is InChI=1S/C29H25ClFN3/c1-19-10-11-23(31)15-27(19)20(2)32-24-12-13-26(28(30)16-24)21(3)34-18-25-8-6-14-33(25)17-22-7-4-5-9-29(22)34/h4-16,32H,2-3,17-18H2,1H3. The first-order chi connectivity index (χ1) is 16.4. The molecule has 1 aliphatic rings. The molecule has 0 bridgehead atoms. The second-order valence-corrected chi connectivity index (χ2v) is 8.95. The summed E-state index contributed by atoms with van der Waals surface area (Å²) < 4.78 is 16.0. The third-order valence-electron chi connectivity index (χ3n) is 6.29. The second kappa shape index (κ2) is 8.88. The van der Waals surface area contributed by atoms with Crippen molar-refractivity contribution in [1.29, 1.82) is 0 Å². The number of fused-ring (bicyclic) bond motifs is 2. The Labute approximate surface area is 204 Å². The highest BCUT2D eigenvalue weighted by Gasteiger charge is 2.22. The van der Waals surface area contributed by atoms with Crippen LogP contribution in [0.25, 0.3) is 11.4 Å². The molecule has 0 radical (unpaired) electrons. The summed E-state index contributed by atoms with van der Waals surface area (Å²) >= 11 is 6.75. The Morgan fingerprint density at radius 3 is 2.59 bits per heavy atom. The summed E-state index contributed by atoms with van der Waals surface area (Å²) in [5.41, 5.74) is 8.33. The Kier molecular flexibility index (Phi) is 5.76. The van der Waals surface area contributed by atoms with Crippen LogP contribution in [-0.2, 0) is 13.1 Å². The van der Waals surface area contributed by atoms with Crippen molar-refractivity contribution < 1.29 is 4.39 Å². The number of aryl methyl sites for hydroxylation is 1. The Balaban J connectivity index is 1.43. The van der Waals surface area contributed by atoms with Crippen LogP contribution in [0.4, 0.5) is 15.8 Å². The van der Waals surface area contributed by atoms with E-state index in [1.165, 1.54) is 23.4 Å². The van der Waals surface area contributed by atoms with Crippen molar-refractivity contribution >= 4 is 34.4 Å². The normalized spacial score (nSPS) is 12.5. The van der Waals surface area contributed by atoms with Gasteiger partial charge in [0.1, 0.15) is 5.82 Å². The maximum Gasteiger partial charge on any atom is 0.123 e. The van der Waals surface area contributed by atoms with E-state index in [-0.39, 0.29) is 5.82 Å². The fraction of sp³-hybridized carbons (Fsp3) is 0.103. The third-order valence-corrected chi connectivity index (χ3v) is 6.61. The molecular formula is C29H25ClFN3. The molecule has 0 atom stereocenters. The fourth-order valence-corrected chi connectivity index (χ4v) is 4.75. The highest BCUT2D eigenvalue weighted by atomic mass is 35.5. The topological polar surface area (TPSA) is 20.2 Å². The van der Waals surface area contributed by atoms with Gasteiger partial charge in [0.15, 0.2) is 0 Å². The molecule has 0 saturated carbocycles. The monoisotopic (exact) mass is 469 g/mol. The van der Waals surface area contributed by atoms with Crippen LogP contribution in [0.1, 0.15) is 27.9 Å². The zero-order chi connectivity index (χ0) is 23.8. The minimum absolute atomic E-state index is 0.294. The van der Waals surface area contributed by atoms with Gasteiger partial charge in [0.2, 0.25) is 0 Å².